The zero-order chi connectivity index (χ0) is 16.2. The zero-order valence-corrected chi connectivity index (χ0v) is 13.7. The average Bonchev–Trinajstić information content (AvgIpc) is 3.35. The van der Waals surface area contributed by atoms with E-state index in [-0.39, 0.29) is 6.04 Å². The Labute approximate surface area is 143 Å². The molecular formula is C19H22BNO3. The minimum absolute atomic E-state index is 0.176. The van der Waals surface area contributed by atoms with Gasteiger partial charge < -0.3 is 19.3 Å². The Hall–Kier alpha value is -1.66. The molecule has 0 spiro atoms. The smallest absolute Gasteiger partial charge is 0.384 e. The van der Waals surface area contributed by atoms with Crippen molar-refractivity contribution in [2.24, 2.45) is 0 Å². The van der Waals surface area contributed by atoms with Crippen molar-refractivity contribution in [3.05, 3.63) is 71.8 Å². The summed E-state index contributed by atoms with van der Waals surface area (Å²) in [5.41, 5.74) is 1.61. The van der Waals surface area contributed by atoms with Gasteiger partial charge in [-0.05, 0) is 30.5 Å². The largest absolute Gasteiger partial charge is 0.640 e. The summed E-state index contributed by atoms with van der Waals surface area (Å²) in [4.78, 5) is 0. The maximum Gasteiger partial charge on any atom is 0.640 e. The normalized spacial score (nSPS) is 21.3. The standard InChI is InChI=1S/C19H22BNO3/c1-3-8-16(9-4-1)19(18-12-7-13-21-18,17-10-5-2-6-11-17)24-20-22-14-15-23-20/h1-6,8-11,18,21H,7,12-15H2/t18-/m1/s1. The van der Waals surface area contributed by atoms with Crippen LogP contribution < -0.4 is 5.32 Å². The summed E-state index contributed by atoms with van der Waals surface area (Å²) in [7, 11) is -0.632. The molecule has 1 N–H and O–H groups in total. The molecule has 2 heterocycles. The predicted octanol–water partition coefficient (Wildman–Crippen LogP) is 2.73. The van der Waals surface area contributed by atoms with E-state index in [1.165, 1.54) is 0 Å². The number of hydrogen-bond donors (Lipinski definition) is 1. The molecule has 0 saturated carbocycles. The van der Waals surface area contributed by atoms with E-state index in [0.29, 0.717) is 13.2 Å². The first kappa shape index (κ1) is 15.8. The molecule has 2 saturated heterocycles. The highest BCUT2D eigenvalue weighted by atomic mass is 16.8. The molecule has 0 aliphatic carbocycles. The van der Waals surface area contributed by atoms with Crippen LogP contribution in [0, 0.1) is 0 Å². The second kappa shape index (κ2) is 7.07. The minimum atomic E-state index is -0.632. The first-order valence-electron chi connectivity index (χ1n) is 8.65. The number of nitrogens with one attached hydrogen (secondary N) is 1. The first-order valence-corrected chi connectivity index (χ1v) is 8.65. The van der Waals surface area contributed by atoms with Gasteiger partial charge in [-0.15, -0.1) is 0 Å². The third kappa shape index (κ3) is 2.89. The SMILES string of the molecule is c1ccc(C(OB2OCCO2)(c2ccccc2)[C@H]2CCCN2)cc1. The molecule has 2 aromatic carbocycles. The van der Waals surface area contributed by atoms with Gasteiger partial charge in [-0.3, -0.25) is 0 Å². The lowest BCUT2D eigenvalue weighted by atomic mass is 9.78. The second-order valence-electron chi connectivity index (χ2n) is 6.26. The average molecular weight is 323 g/mol. The number of benzene rings is 2. The quantitative estimate of drug-likeness (QED) is 0.859. The van der Waals surface area contributed by atoms with Crippen LogP contribution in [0.2, 0.25) is 0 Å². The van der Waals surface area contributed by atoms with E-state index >= 15 is 0 Å². The van der Waals surface area contributed by atoms with Crippen LogP contribution in [0.5, 0.6) is 0 Å². The van der Waals surface area contributed by atoms with Crippen LogP contribution in [0.3, 0.4) is 0 Å². The molecule has 0 aromatic heterocycles. The summed E-state index contributed by atoms with van der Waals surface area (Å²) in [6.45, 7) is 2.15. The van der Waals surface area contributed by atoms with Crippen LogP contribution in [0.25, 0.3) is 0 Å². The minimum Gasteiger partial charge on any atom is -0.384 e. The highest BCUT2D eigenvalue weighted by Gasteiger charge is 2.48. The van der Waals surface area contributed by atoms with E-state index in [0.717, 1.165) is 30.5 Å². The highest BCUT2D eigenvalue weighted by Crippen LogP contribution is 2.41. The molecule has 2 aromatic rings. The molecule has 4 rings (SSSR count). The maximum absolute atomic E-state index is 6.55. The van der Waals surface area contributed by atoms with E-state index in [9.17, 15) is 0 Å². The van der Waals surface area contributed by atoms with Crippen LogP contribution in [-0.2, 0) is 19.6 Å². The molecule has 2 aliphatic heterocycles. The van der Waals surface area contributed by atoms with Gasteiger partial charge >= 0.3 is 7.32 Å². The van der Waals surface area contributed by atoms with Crippen molar-refractivity contribution in [3.8, 4) is 0 Å². The fourth-order valence-electron chi connectivity index (χ4n) is 3.75. The summed E-state index contributed by atoms with van der Waals surface area (Å²) in [6, 6.07) is 21.0. The first-order chi connectivity index (χ1) is 11.9. The lowest BCUT2D eigenvalue weighted by molar-refractivity contribution is 0.0208. The van der Waals surface area contributed by atoms with Crippen molar-refractivity contribution in [1.82, 2.24) is 5.32 Å². The summed E-state index contributed by atoms with van der Waals surface area (Å²) >= 11 is 0. The predicted molar refractivity (Wildman–Crippen MR) is 93.4 cm³/mol. The van der Waals surface area contributed by atoms with Crippen LogP contribution in [0.15, 0.2) is 60.7 Å². The van der Waals surface area contributed by atoms with E-state index in [1.54, 1.807) is 0 Å². The van der Waals surface area contributed by atoms with Gasteiger partial charge in [-0.25, -0.2) is 0 Å². The molecular weight excluding hydrogens is 301 g/mol. The Kier molecular flexibility index (Phi) is 4.67. The fraction of sp³-hybridized carbons (Fsp3) is 0.368. The molecule has 5 heteroatoms. The van der Waals surface area contributed by atoms with Crippen molar-refractivity contribution >= 4 is 7.32 Å². The summed E-state index contributed by atoms with van der Waals surface area (Å²) < 4.78 is 17.8. The molecule has 4 nitrogen and oxygen atoms in total. The van der Waals surface area contributed by atoms with Gasteiger partial charge in [0.2, 0.25) is 0 Å². The molecule has 0 unspecified atom stereocenters. The molecule has 0 amide bonds. The highest BCUT2D eigenvalue weighted by molar-refractivity contribution is 6.37. The Morgan fingerprint density at radius 1 is 0.917 bits per heavy atom. The van der Waals surface area contributed by atoms with E-state index in [4.69, 9.17) is 14.0 Å². The third-order valence-electron chi connectivity index (χ3n) is 4.83. The Balaban J connectivity index is 1.84. The fourth-order valence-corrected chi connectivity index (χ4v) is 3.75. The van der Waals surface area contributed by atoms with Gasteiger partial charge in [0.1, 0.15) is 5.60 Å². The van der Waals surface area contributed by atoms with Crippen molar-refractivity contribution in [2.75, 3.05) is 19.8 Å². The lowest BCUT2D eigenvalue weighted by Crippen LogP contribution is -2.51. The van der Waals surface area contributed by atoms with Gasteiger partial charge in [0, 0.05) is 6.04 Å². The Bertz CT molecular complexity index is 601. The van der Waals surface area contributed by atoms with Gasteiger partial charge in [0.25, 0.3) is 0 Å². The molecule has 124 valence electrons. The Morgan fingerprint density at radius 2 is 1.50 bits per heavy atom. The van der Waals surface area contributed by atoms with E-state index in [1.807, 2.05) is 12.1 Å². The lowest BCUT2D eigenvalue weighted by Gasteiger charge is -2.41. The molecule has 0 radical (unpaired) electrons. The molecule has 0 bridgehead atoms. The molecule has 2 fully saturated rings. The summed E-state index contributed by atoms with van der Waals surface area (Å²) in [5, 5.41) is 3.63. The number of rotatable bonds is 5. The van der Waals surface area contributed by atoms with Crippen molar-refractivity contribution in [3.63, 3.8) is 0 Å². The maximum atomic E-state index is 6.55. The van der Waals surface area contributed by atoms with Crippen LogP contribution >= 0.6 is 0 Å². The van der Waals surface area contributed by atoms with Crippen LogP contribution in [-0.4, -0.2) is 33.1 Å². The van der Waals surface area contributed by atoms with E-state index < -0.39 is 12.9 Å². The van der Waals surface area contributed by atoms with Gasteiger partial charge in [0.05, 0.1) is 13.2 Å². The molecule has 2 aliphatic rings. The van der Waals surface area contributed by atoms with Crippen molar-refractivity contribution in [1.29, 1.82) is 0 Å². The van der Waals surface area contributed by atoms with Gasteiger partial charge in [-0.2, -0.15) is 0 Å². The monoisotopic (exact) mass is 323 g/mol. The summed E-state index contributed by atoms with van der Waals surface area (Å²) in [6.07, 6.45) is 2.19. The van der Waals surface area contributed by atoms with Gasteiger partial charge in [0.15, 0.2) is 0 Å². The second-order valence-corrected chi connectivity index (χ2v) is 6.26. The zero-order valence-electron chi connectivity index (χ0n) is 13.7. The molecule has 1 atom stereocenters. The topological polar surface area (TPSA) is 39.7 Å². The van der Waals surface area contributed by atoms with Crippen molar-refractivity contribution < 1.29 is 14.0 Å². The Morgan fingerprint density at radius 3 is 2.00 bits per heavy atom. The summed E-state index contributed by atoms with van der Waals surface area (Å²) in [5.74, 6) is 0. The van der Waals surface area contributed by atoms with Crippen LogP contribution in [0.4, 0.5) is 0 Å². The molecule has 24 heavy (non-hydrogen) atoms. The van der Waals surface area contributed by atoms with E-state index in [2.05, 4.69) is 53.8 Å². The number of hydrogen-bond acceptors (Lipinski definition) is 4. The third-order valence-corrected chi connectivity index (χ3v) is 4.83. The van der Waals surface area contributed by atoms with Crippen molar-refractivity contribution in [2.45, 2.75) is 24.5 Å². The van der Waals surface area contributed by atoms with Gasteiger partial charge in [-0.1, -0.05) is 60.7 Å². The van der Waals surface area contributed by atoms with Crippen LogP contribution in [0.1, 0.15) is 24.0 Å².